The molecule has 1 aromatic heterocycles. The lowest BCUT2D eigenvalue weighted by Crippen LogP contribution is -2.63. The van der Waals surface area contributed by atoms with E-state index < -0.39 is 118 Å². The van der Waals surface area contributed by atoms with Gasteiger partial charge in [0, 0.05) is 67.9 Å². The van der Waals surface area contributed by atoms with Crippen molar-refractivity contribution in [2.45, 2.75) is 183 Å². The van der Waals surface area contributed by atoms with Crippen LogP contribution in [0.4, 0.5) is 20.1 Å². The lowest BCUT2D eigenvalue weighted by molar-refractivity contribution is -0.148. The number of esters is 2. The number of rotatable bonds is 29. The van der Waals surface area contributed by atoms with Crippen LogP contribution in [0.5, 0.6) is 0 Å². The highest BCUT2D eigenvalue weighted by Crippen LogP contribution is 2.37. The van der Waals surface area contributed by atoms with Gasteiger partial charge in [-0.2, -0.15) is 0 Å². The Hall–Kier alpha value is -8.18. The molecule has 0 saturated carbocycles. The fourth-order valence-electron chi connectivity index (χ4n) is 9.84. The zero-order chi connectivity index (χ0) is 65.9. The average molecular weight is 1220 g/mol. The van der Waals surface area contributed by atoms with Gasteiger partial charge < -0.3 is 66.0 Å². The van der Waals surface area contributed by atoms with Crippen LogP contribution in [0, 0.1) is 17.3 Å². The lowest BCUT2D eigenvalue weighted by Gasteiger charge is -2.42. The summed E-state index contributed by atoms with van der Waals surface area (Å²) in [6, 6.07) is 6.77. The van der Waals surface area contributed by atoms with Crippen molar-refractivity contribution < 1.29 is 66.9 Å². The van der Waals surface area contributed by atoms with E-state index in [0.29, 0.717) is 11.3 Å². The van der Waals surface area contributed by atoms with Crippen LogP contribution in [0.2, 0.25) is 0 Å². The summed E-state index contributed by atoms with van der Waals surface area (Å²) < 4.78 is 23.4. The molecule has 0 aliphatic rings. The van der Waals surface area contributed by atoms with Gasteiger partial charge in [0.25, 0.3) is 0 Å². The molecule has 0 aliphatic carbocycles. The van der Waals surface area contributed by atoms with Crippen molar-refractivity contribution in [2.24, 2.45) is 30.0 Å². The van der Waals surface area contributed by atoms with Gasteiger partial charge in [0.2, 0.25) is 29.5 Å². The van der Waals surface area contributed by atoms with Crippen molar-refractivity contribution in [1.82, 2.24) is 41.0 Å². The van der Waals surface area contributed by atoms with Crippen LogP contribution in [0.15, 0.2) is 66.4 Å². The highest BCUT2D eigenvalue weighted by atomic mass is 16.6. The largest absolute Gasteiger partial charge is 0.466 e. The maximum Gasteiger partial charge on any atom is 0.410 e. The summed E-state index contributed by atoms with van der Waals surface area (Å²) in [7, 11) is 4.90. The van der Waals surface area contributed by atoms with E-state index in [1.807, 2.05) is 69.8 Å². The van der Waals surface area contributed by atoms with Crippen LogP contribution in [0.25, 0.3) is 10.9 Å². The Morgan fingerprint density at radius 1 is 0.713 bits per heavy atom. The van der Waals surface area contributed by atoms with Crippen LogP contribution in [-0.4, -0.2) is 150 Å². The van der Waals surface area contributed by atoms with Crippen LogP contribution in [-0.2, 0) is 71.6 Å². The SMILES string of the molecule is CCOC(=O)CC[C@@H](NC(=O)/C(C)=C/[C@H](C(C)C)N(C)C(=O)[C@@H](NC(=O)[C@@H](N(C)C(=O)OCc1ccc(NC(=O)[C@H](CCCNC(N)=O)NC(=O)C(NC(=O)OC(C)(C)C)C(C)C)cc1)C(C)(C)c1cn(C)c2ccccc12)C(C)(C)C)C(=O)OCC. The standard InChI is InChI=1S/C63H96N10O14/c1-19-84-48(74)32-31-45(57(80)85-20-2)68-52(75)39(7)34-47(37(3)4)72(17)56(79)50(61(8,9)10)70-55(78)51(63(14,15)43-35-71(16)46-26-22-21-24-42(43)46)73(18)60(83)86-36-40-27-29-41(30-28-40)66-53(76)44(25-23-33-65-58(64)81)67-54(77)49(38(5)6)69-59(82)87-62(11,12)13/h21-22,24,26-30,34-35,37-38,44-45,47,49-51H,19-20,23,25,31-33,36H2,1-18H3,(H,66,76)(H,67,77)(H,68,75)(H,69,82)(H,70,78)(H3,64,65,81)/b39-34+/t44-,45+,47+,49?,50+,51+/m0/s1. The van der Waals surface area contributed by atoms with Gasteiger partial charge in [-0.1, -0.05) is 98.7 Å². The number of nitrogens with one attached hydrogen (secondary N) is 6. The highest BCUT2D eigenvalue weighted by molar-refractivity contribution is 5.99. The summed E-state index contributed by atoms with van der Waals surface area (Å²) in [5.74, 6) is -4.91. The van der Waals surface area contributed by atoms with Gasteiger partial charge in [0.1, 0.15) is 42.4 Å². The molecule has 87 heavy (non-hydrogen) atoms. The molecular formula is C63H96N10O14. The minimum atomic E-state index is -1.30. The molecule has 0 saturated heterocycles. The predicted molar refractivity (Wildman–Crippen MR) is 330 cm³/mol. The number of hydrogen-bond donors (Lipinski definition) is 7. The number of fused-ring (bicyclic) bond motifs is 1. The van der Waals surface area contributed by atoms with Gasteiger partial charge in [0.15, 0.2) is 0 Å². The average Bonchev–Trinajstić information content (AvgIpc) is 1.75. The molecule has 0 bridgehead atoms. The molecule has 1 heterocycles. The third-order valence-corrected chi connectivity index (χ3v) is 14.5. The number of anilines is 1. The number of hydrogen-bond acceptors (Lipinski definition) is 14. The Morgan fingerprint density at radius 3 is 1.90 bits per heavy atom. The number of nitrogens with two attached hydrogens (primary N) is 1. The molecule has 0 spiro atoms. The molecule has 3 aromatic rings. The van der Waals surface area contributed by atoms with Crippen molar-refractivity contribution in [2.75, 3.05) is 39.2 Å². The zero-order valence-electron chi connectivity index (χ0n) is 54.2. The highest BCUT2D eigenvalue weighted by Gasteiger charge is 2.47. The predicted octanol–water partition coefficient (Wildman–Crippen LogP) is 6.87. The molecule has 24 nitrogen and oxygen atoms in total. The number of urea groups is 1. The van der Waals surface area contributed by atoms with Crippen molar-refractivity contribution in [1.29, 1.82) is 0 Å². The van der Waals surface area contributed by atoms with Crippen molar-refractivity contribution in [3.63, 3.8) is 0 Å². The lowest BCUT2D eigenvalue weighted by atomic mass is 9.76. The second-order valence-electron chi connectivity index (χ2n) is 25.0. The molecule has 6 atom stereocenters. The molecular weight excluding hydrogens is 1120 g/mol. The van der Waals surface area contributed by atoms with E-state index in [2.05, 4.69) is 31.9 Å². The van der Waals surface area contributed by atoms with Crippen molar-refractivity contribution >= 4 is 76.3 Å². The Labute approximate surface area is 512 Å². The van der Waals surface area contributed by atoms with Crippen LogP contribution >= 0.6 is 0 Å². The van der Waals surface area contributed by atoms with E-state index in [1.165, 1.54) is 16.8 Å². The molecule has 24 heteroatoms. The summed E-state index contributed by atoms with van der Waals surface area (Å²) in [6.07, 6.45) is 1.98. The number of para-hydroxylation sites is 1. The van der Waals surface area contributed by atoms with Gasteiger partial charge in [0.05, 0.1) is 19.3 Å². The molecule has 0 aliphatic heterocycles. The molecule has 3 rings (SSSR count). The smallest absolute Gasteiger partial charge is 0.410 e. The minimum absolute atomic E-state index is 0.0498. The summed E-state index contributed by atoms with van der Waals surface area (Å²) >= 11 is 0. The van der Waals surface area contributed by atoms with E-state index >= 15 is 4.79 Å². The van der Waals surface area contributed by atoms with Gasteiger partial charge in [-0.05, 0) is 107 Å². The topological polar surface area (TPSA) is 317 Å². The summed E-state index contributed by atoms with van der Waals surface area (Å²) in [6.45, 7) is 26.2. The van der Waals surface area contributed by atoms with Gasteiger partial charge in [-0.15, -0.1) is 0 Å². The molecule has 0 fully saturated rings. The van der Waals surface area contributed by atoms with Crippen LogP contribution in [0.1, 0.15) is 141 Å². The van der Waals surface area contributed by atoms with E-state index in [9.17, 15) is 43.2 Å². The monoisotopic (exact) mass is 1220 g/mol. The van der Waals surface area contributed by atoms with Gasteiger partial charge in [-0.25, -0.2) is 19.2 Å². The number of benzene rings is 2. The van der Waals surface area contributed by atoms with E-state index in [-0.39, 0.29) is 63.5 Å². The third kappa shape index (κ3) is 21.9. The molecule has 1 unspecified atom stereocenters. The van der Waals surface area contributed by atoms with E-state index in [4.69, 9.17) is 24.7 Å². The minimum Gasteiger partial charge on any atom is -0.466 e. The Morgan fingerprint density at radius 2 is 1.33 bits per heavy atom. The van der Waals surface area contributed by atoms with Gasteiger partial charge >= 0.3 is 30.2 Å². The fraction of sp³-hybridized carbons (Fsp3) is 0.587. The first-order valence-electron chi connectivity index (χ1n) is 29.5. The number of aryl methyl sites for hydroxylation is 1. The van der Waals surface area contributed by atoms with E-state index in [0.717, 1.165) is 16.5 Å². The second-order valence-corrected chi connectivity index (χ2v) is 25.0. The first kappa shape index (κ1) is 73.1. The number of nitrogens with zero attached hydrogens (tertiary/aromatic N) is 3. The maximum absolute atomic E-state index is 15.3. The number of aromatic nitrogens is 1. The number of alkyl carbamates (subject to hydrolysis) is 1. The zero-order valence-corrected chi connectivity index (χ0v) is 54.2. The summed E-state index contributed by atoms with van der Waals surface area (Å²) in [4.78, 5) is 138. The Bertz CT molecular complexity index is 2920. The molecule has 9 amide bonds. The second kappa shape index (κ2) is 32.5. The molecule has 8 N–H and O–H groups in total. The third-order valence-electron chi connectivity index (χ3n) is 14.5. The Balaban J connectivity index is 1.95. The Kier molecular flexibility index (Phi) is 27.3. The first-order chi connectivity index (χ1) is 40.4. The number of likely N-dealkylation sites (N-methyl/N-ethyl adjacent to an activating group) is 2. The number of carbonyl (C=O) groups is 10. The number of primary amides is 1. The van der Waals surface area contributed by atoms with E-state index in [1.54, 1.807) is 114 Å². The summed E-state index contributed by atoms with van der Waals surface area (Å²) in [5.41, 5.74) is 4.97. The molecule has 2 aromatic carbocycles. The number of amides is 9. The fourth-order valence-corrected chi connectivity index (χ4v) is 9.84. The van der Waals surface area contributed by atoms with Crippen molar-refractivity contribution in [3.8, 4) is 0 Å². The maximum atomic E-state index is 15.3. The summed E-state index contributed by atoms with van der Waals surface area (Å²) in [5, 5.41) is 17.1. The van der Waals surface area contributed by atoms with Gasteiger partial charge in [-0.3, -0.25) is 33.7 Å². The molecule has 482 valence electrons. The number of carbonyl (C=O) groups excluding carboxylic acids is 10. The van der Waals surface area contributed by atoms with Crippen molar-refractivity contribution in [3.05, 3.63) is 77.5 Å². The molecule has 0 radical (unpaired) electrons. The quantitative estimate of drug-likeness (QED) is 0.0162. The van der Waals surface area contributed by atoms with Crippen LogP contribution < -0.4 is 37.6 Å². The van der Waals surface area contributed by atoms with Crippen LogP contribution in [0.3, 0.4) is 0 Å². The number of ether oxygens (including phenoxy) is 4. The first-order valence-corrected chi connectivity index (χ1v) is 29.5. The normalized spacial score (nSPS) is 14.0.